The minimum Gasteiger partial charge on any atom is -0.484 e. The molecule has 1 amide bonds. The van der Waals surface area contributed by atoms with Gasteiger partial charge in [0.1, 0.15) is 11.9 Å². The predicted octanol–water partition coefficient (Wildman–Crippen LogP) is 6.93. The maximum Gasteiger partial charge on any atom is 0.389 e. The summed E-state index contributed by atoms with van der Waals surface area (Å²) in [5.74, 6) is -0.623. The number of halogens is 3. The fraction of sp³-hybridized carbons (Fsp3) is 0.345. The van der Waals surface area contributed by atoms with Crippen LogP contribution in [0.2, 0.25) is 0 Å². The second kappa shape index (κ2) is 13.1. The summed E-state index contributed by atoms with van der Waals surface area (Å²) in [7, 11) is 0. The molecule has 0 saturated carbocycles. The maximum absolute atomic E-state index is 12.8. The van der Waals surface area contributed by atoms with Gasteiger partial charge in [0.2, 0.25) is 0 Å². The summed E-state index contributed by atoms with van der Waals surface area (Å²) in [4.78, 5) is 27.3. The molecule has 6 nitrogen and oxygen atoms in total. The fourth-order valence-electron chi connectivity index (χ4n) is 3.84. The Morgan fingerprint density at radius 1 is 0.974 bits per heavy atom. The molecule has 9 heteroatoms. The summed E-state index contributed by atoms with van der Waals surface area (Å²) in [6.07, 6.45) is -4.54. The zero-order valence-corrected chi connectivity index (χ0v) is 21.3. The van der Waals surface area contributed by atoms with E-state index in [1.165, 1.54) is 17.7 Å². The Bertz CT molecular complexity index is 1190. The molecule has 2 N–H and O–H groups in total. The van der Waals surface area contributed by atoms with Crippen LogP contribution in [-0.4, -0.2) is 34.7 Å². The molecule has 2 aromatic carbocycles. The molecule has 202 valence electrons. The van der Waals surface area contributed by atoms with Crippen LogP contribution in [0.3, 0.4) is 0 Å². The summed E-state index contributed by atoms with van der Waals surface area (Å²) in [6, 6.07) is 18.0. The minimum atomic E-state index is -4.27. The normalized spacial score (nSPS) is 12.3. The van der Waals surface area contributed by atoms with E-state index in [0.717, 1.165) is 11.3 Å². The quantitative estimate of drug-likeness (QED) is 0.266. The zero-order valence-electron chi connectivity index (χ0n) is 21.3. The third kappa shape index (κ3) is 8.90. The van der Waals surface area contributed by atoms with Gasteiger partial charge in [-0.3, -0.25) is 14.6 Å². The molecule has 0 saturated heterocycles. The highest BCUT2D eigenvalue weighted by Gasteiger charge is 2.27. The second-order valence-electron chi connectivity index (χ2n) is 9.29. The highest BCUT2D eigenvalue weighted by Crippen LogP contribution is 2.31. The molecular formula is C29H31F3N2O4. The molecule has 3 rings (SSSR count). The van der Waals surface area contributed by atoms with E-state index >= 15 is 0 Å². The van der Waals surface area contributed by atoms with Crippen LogP contribution < -0.4 is 10.1 Å². The number of aromatic nitrogens is 1. The molecule has 0 aliphatic heterocycles. The van der Waals surface area contributed by atoms with Gasteiger partial charge in [-0.25, -0.2) is 0 Å². The van der Waals surface area contributed by atoms with Crippen molar-refractivity contribution in [1.82, 2.24) is 10.3 Å². The van der Waals surface area contributed by atoms with Gasteiger partial charge in [0.25, 0.3) is 5.91 Å². The summed E-state index contributed by atoms with van der Waals surface area (Å²) in [5, 5.41) is 11.2. The van der Waals surface area contributed by atoms with Gasteiger partial charge in [-0.15, -0.1) is 0 Å². The lowest BCUT2D eigenvalue weighted by Gasteiger charge is -2.20. The van der Waals surface area contributed by atoms with E-state index in [4.69, 9.17) is 9.84 Å². The van der Waals surface area contributed by atoms with Crippen LogP contribution in [0.15, 0.2) is 66.9 Å². The Kier molecular flexibility index (Phi) is 9.87. The van der Waals surface area contributed by atoms with E-state index in [0.29, 0.717) is 22.8 Å². The first-order chi connectivity index (χ1) is 18.0. The second-order valence-corrected chi connectivity index (χ2v) is 9.29. The number of pyridine rings is 1. The van der Waals surface area contributed by atoms with E-state index < -0.39 is 30.6 Å². The lowest BCUT2D eigenvalue weighted by molar-refractivity contribution is -0.137. The number of carboxylic acid groups (broad SMARTS) is 1. The Morgan fingerprint density at radius 3 is 2.18 bits per heavy atom. The summed E-state index contributed by atoms with van der Waals surface area (Å²) in [6.45, 7) is 4.23. The molecule has 1 heterocycles. The molecule has 3 aromatic rings. The van der Waals surface area contributed by atoms with Gasteiger partial charge in [-0.2, -0.15) is 13.2 Å². The third-order valence-electron chi connectivity index (χ3n) is 5.98. The van der Waals surface area contributed by atoms with Gasteiger partial charge in [0.05, 0.1) is 18.3 Å². The number of hydrogen-bond donors (Lipinski definition) is 2. The van der Waals surface area contributed by atoms with Crippen molar-refractivity contribution in [1.29, 1.82) is 0 Å². The van der Waals surface area contributed by atoms with E-state index in [2.05, 4.69) is 36.3 Å². The van der Waals surface area contributed by atoms with Crippen LogP contribution in [0.1, 0.15) is 73.0 Å². The van der Waals surface area contributed by atoms with Crippen LogP contribution in [0.5, 0.6) is 5.75 Å². The number of amides is 1. The molecule has 0 spiro atoms. The Morgan fingerprint density at radius 2 is 1.63 bits per heavy atom. The molecule has 1 aromatic heterocycles. The van der Waals surface area contributed by atoms with Gasteiger partial charge in [0, 0.05) is 24.1 Å². The number of carbonyl (C=O) groups is 2. The number of carbonyl (C=O) groups excluding carboxylic acids is 1. The summed E-state index contributed by atoms with van der Waals surface area (Å²) < 4.78 is 44.4. The first-order valence-corrected chi connectivity index (χ1v) is 12.4. The van der Waals surface area contributed by atoms with E-state index in [9.17, 15) is 22.8 Å². The lowest BCUT2D eigenvalue weighted by Crippen LogP contribution is -2.26. The van der Waals surface area contributed by atoms with Crippen LogP contribution in [0, 0.1) is 0 Å². The molecular weight excluding hydrogens is 497 g/mol. The van der Waals surface area contributed by atoms with E-state index in [-0.39, 0.29) is 25.8 Å². The number of nitrogens with zero attached hydrogens (tertiary/aromatic N) is 1. The summed E-state index contributed by atoms with van der Waals surface area (Å²) >= 11 is 0. The fourth-order valence-corrected chi connectivity index (χ4v) is 3.84. The predicted molar refractivity (Wildman–Crippen MR) is 138 cm³/mol. The number of hydrogen-bond acceptors (Lipinski definition) is 4. The van der Waals surface area contributed by atoms with Crippen molar-refractivity contribution in [2.45, 2.75) is 57.7 Å². The molecule has 0 bridgehead atoms. The topological polar surface area (TPSA) is 88.5 Å². The molecule has 1 unspecified atom stereocenters. The largest absolute Gasteiger partial charge is 0.484 e. The number of alkyl halides is 3. The number of carboxylic acids is 1. The first-order valence-electron chi connectivity index (χ1n) is 12.4. The van der Waals surface area contributed by atoms with Crippen LogP contribution in [0.4, 0.5) is 13.2 Å². The maximum atomic E-state index is 12.8. The van der Waals surface area contributed by atoms with Crippen LogP contribution in [-0.2, 0) is 4.79 Å². The van der Waals surface area contributed by atoms with Gasteiger partial charge in [-0.05, 0) is 54.2 Å². The van der Waals surface area contributed by atoms with Gasteiger partial charge >= 0.3 is 12.1 Å². The van der Waals surface area contributed by atoms with Gasteiger partial charge in [-0.1, -0.05) is 50.2 Å². The molecule has 0 fully saturated rings. The van der Waals surface area contributed by atoms with E-state index in [1.807, 2.05) is 12.1 Å². The molecule has 38 heavy (non-hydrogen) atoms. The Hall–Kier alpha value is -3.88. The number of rotatable bonds is 12. The Balaban J connectivity index is 1.72. The number of nitrogens with one attached hydrogen (secondary N) is 1. The average Bonchev–Trinajstić information content (AvgIpc) is 2.88. The van der Waals surface area contributed by atoms with Crippen molar-refractivity contribution in [3.8, 4) is 17.0 Å². The third-order valence-corrected chi connectivity index (χ3v) is 5.98. The number of benzene rings is 2. The van der Waals surface area contributed by atoms with Gasteiger partial charge in [0.15, 0.2) is 0 Å². The molecule has 1 atom stereocenters. The molecule has 0 aliphatic rings. The first kappa shape index (κ1) is 28.7. The van der Waals surface area contributed by atoms with Crippen molar-refractivity contribution >= 4 is 11.9 Å². The standard InChI is InChI=1S/C29H31F3N2O4/c1-19(2)20-5-7-21(8-6-20)25-14-13-24(18-34-25)38-26(4-3-16-29(30,31)32)22-9-11-23(12-10-22)28(37)33-17-15-27(35)36/h5-14,18-19,26H,3-4,15-17H2,1-2H3,(H,33,37)(H,35,36). The summed E-state index contributed by atoms with van der Waals surface area (Å²) in [5.41, 5.74) is 3.84. The monoisotopic (exact) mass is 528 g/mol. The highest BCUT2D eigenvalue weighted by atomic mass is 19.4. The number of aliphatic carboxylic acids is 1. The smallest absolute Gasteiger partial charge is 0.389 e. The zero-order chi connectivity index (χ0) is 27.7. The van der Waals surface area contributed by atoms with Crippen molar-refractivity contribution < 1.29 is 32.6 Å². The average molecular weight is 529 g/mol. The van der Waals surface area contributed by atoms with Crippen LogP contribution in [0.25, 0.3) is 11.3 Å². The lowest BCUT2D eigenvalue weighted by atomic mass is 10.0. The SMILES string of the molecule is CC(C)c1ccc(-c2ccc(OC(CCCC(F)(F)F)c3ccc(C(=O)NCCC(=O)O)cc3)cn2)cc1. The van der Waals surface area contributed by atoms with Crippen LogP contribution >= 0.6 is 0 Å². The van der Waals surface area contributed by atoms with Crippen molar-refractivity contribution in [3.63, 3.8) is 0 Å². The van der Waals surface area contributed by atoms with Gasteiger partial charge < -0.3 is 15.2 Å². The highest BCUT2D eigenvalue weighted by molar-refractivity contribution is 5.94. The molecule has 0 aliphatic carbocycles. The Labute approximate surface area is 219 Å². The van der Waals surface area contributed by atoms with Crippen molar-refractivity contribution in [2.24, 2.45) is 0 Å². The van der Waals surface area contributed by atoms with Crippen molar-refractivity contribution in [2.75, 3.05) is 6.54 Å². The van der Waals surface area contributed by atoms with E-state index in [1.54, 1.807) is 30.5 Å². The number of ether oxygens (including phenoxy) is 1. The van der Waals surface area contributed by atoms with Crippen molar-refractivity contribution in [3.05, 3.63) is 83.6 Å². The molecule has 0 radical (unpaired) electrons. The minimum absolute atomic E-state index is 0.00996.